The predicted octanol–water partition coefficient (Wildman–Crippen LogP) is 2.08. The third-order valence-corrected chi connectivity index (χ3v) is 2.78. The molecule has 4 nitrogen and oxygen atoms in total. The molecule has 1 aromatic carbocycles. The number of hydrogen-bond donors (Lipinski definition) is 1. The van der Waals surface area contributed by atoms with Crippen molar-refractivity contribution in [3.05, 3.63) is 59.5 Å². The maximum Gasteiger partial charge on any atom is 0.257 e. The number of aromatic nitrogens is 1. The summed E-state index contributed by atoms with van der Waals surface area (Å²) in [5.74, 6) is -0.442. The monoisotopic (exact) mass is 259 g/mol. The molecule has 0 saturated carbocycles. The first-order valence-electron chi connectivity index (χ1n) is 5.79. The Morgan fingerprint density at radius 2 is 2.05 bits per heavy atom. The molecular formula is C14H14FN3O. The first-order chi connectivity index (χ1) is 9.09. The van der Waals surface area contributed by atoms with E-state index in [0.717, 1.165) is 0 Å². The minimum atomic E-state index is -0.332. The molecule has 5 heteroatoms. The summed E-state index contributed by atoms with van der Waals surface area (Å²) in [7, 11) is 1.60. The lowest BCUT2D eigenvalue weighted by molar-refractivity contribution is 0.0784. The first kappa shape index (κ1) is 13.0. The Balaban J connectivity index is 2.17. The quantitative estimate of drug-likeness (QED) is 0.918. The van der Waals surface area contributed by atoms with Gasteiger partial charge in [0.15, 0.2) is 0 Å². The first-order valence-corrected chi connectivity index (χ1v) is 5.79. The number of halogens is 1. The van der Waals surface area contributed by atoms with E-state index in [0.29, 0.717) is 11.1 Å². The Morgan fingerprint density at radius 1 is 1.32 bits per heavy atom. The van der Waals surface area contributed by atoms with E-state index >= 15 is 0 Å². The van der Waals surface area contributed by atoms with Crippen LogP contribution in [0.5, 0.6) is 0 Å². The molecule has 98 valence electrons. The topological polar surface area (TPSA) is 59.2 Å². The number of carbonyl (C=O) groups is 1. The molecule has 0 aliphatic rings. The van der Waals surface area contributed by atoms with Gasteiger partial charge >= 0.3 is 0 Å². The number of rotatable bonds is 3. The average molecular weight is 259 g/mol. The maximum absolute atomic E-state index is 13.5. The second-order valence-corrected chi connectivity index (χ2v) is 4.19. The largest absolute Gasteiger partial charge is 0.383 e. The van der Waals surface area contributed by atoms with E-state index in [1.54, 1.807) is 37.4 Å². The number of amides is 1. The number of nitrogen functional groups attached to an aromatic ring is 1. The van der Waals surface area contributed by atoms with E-state index in [2.05, 4.69) is 4.98 Å². The highest BCUT2D eigenvalue weighted by molar-refractivity contribution is 5.98. The van der Waals surface area contributed by atoms with Gasteiger partial charge in [-0.2, -0.15) is 0 Å². The van der Waals surface area contributed by atoms with E-state index in [1.165, 1.54) is 17.2 Å². The molecule has 2 rings (SSSR count). The molecule has 2 N–H and O–H groups in total. The van der Waals surface area contributed by atoms with Crippen molar-refractivity contribution >= 4 is 11.7 Å². The molecule has 1 aromatic heterocycles. The summed E-state index contributed by atoms with van der Waals surface area (Å²) in [5, 5.41) is 0. The van der Waals surface area contributed by atoms with Crippen molar-refractivity contribution in [3.63, 3.8) is 0 Å². The summed E-state index contributed by atoms with van der Waals surface area (Å²) in [4.78, 5) is 17.4. The molecule has 2 aromatic rings. The van der Waals surface area contributed by atoms with Gasteiger partial charge in [0.05, 0.1) is 5.56 Å². The van der Waals surface area contributed by atoms with Gasteiger partial charge in [0.1, 0.15) is 11.6 Å². The van der Waals surface area contributed by atoms with Crippen LogP contribution in [-0.4, -0.2) is 22.8 Å². The molecule has 1 amide bonds. The van der Waals surface area contributed by atoms with Crippen LogP contribution in [0.4, 0.5) is 10.2 Å². The maximum atomic E-state index is 13.5. The van der Waals surface area contributed by atoms with Gasteiger partial charge in [0.2, 0.25) is 0 Å². The number of anilines is 1. The van der Waals surface area contributed by atoms with Gasteiger partial charge in [-0.3, -0.25) is 4.79 Å². The van der Waals surface area contributed by atoms with Crippen LogP contribution in [0.2, 0.25) is 0 Å². The number of nitrogens with zero attached hydrogens (tertiary/aromatic N) is 2. The zero-order valence-electron chi connectivity index (χ0n) is 10.5. The molecule has 0 saturated heterocycles. The molecule has 0 aliphatic heterocycles. The van der Waals surface area contributed by atoms with Crippen LogP contribution in [0.3, 0.4) is 0 Å². The second kappa shape index (κ2) is 5.48. The van der Waals surface area contributed by atoms with E-state index < -0.39 is 0 Å². The van der Waals surface area contributed by atoms with E-state index in [4.69, 9.17) is 5.73 Å². The molecular weight excluding hydrogens is 245 g/mol. The third-order valence-electron chi connectivity index (χ3n) is 2.78. The standard InChI is InChI=1S/C14H14FN3O/c1-18(9-10-5-2-3-7-12(10)15)14(19)11-6-4-8-17-13(11)16/h2-8H,9H2,1H3,(H2,16,17). The third kappa shape index (κ3) is 2.88. The molecule has 0 radical (unpaired) electrons. The fourth-order valence-corrected chi connectivity index (χ4v) is 1.76. The van der Waals surface area contributed by atoms with Gasteiger partial charge in [0.25, 0.3) is 5.91 Å². The van der Waals surface area contributed by atoms with E-state index in [1.807, 2.05) is 0 Å². The summed E-state index contributed by atoms with van der Waals surface area (Å²) in [5.41, 5.74) is 6.43. The van der Waals surface area contributed by atoms with E-state index in [9.17, 15) is 9.18 Å². The van der Waals surface area contributed by atoms with Gasteiger partial charge < -0.3 is 10.6 Å². The molecule has 19 heavy (non-hydrogen) atoms. The second-order valence-electron chi connectivity index (χ2n) is 4.19. The molecule has 0 bridgehead atoms. The van der Waals surface area contributed by atoms with Crippen LogP contribution < -0.4 is 5.73 Å². The van der Waals surface area contributed by atoms with Crippen LogP contribution in [0.25, 0.3) is 0 Å². The van der Waals surface area contributed by atoms with Crippen molar-refractivity contribution in [2.75, 3.05) is 12.8 Å². The minimum Gasteiger partial charge on any atom is -0.383 e. The van der Waals surface area contributed by atoms with Crippen LogP contribution in [0.1, 0.15) is 15.9 Å². The lowest BCUT2D eigenvalue weighted by Crippen LogP contribution is -2.27. The minimum absolute atomic E-state index is 0.174. The molecule has 0 aliphatic carbocycles. The number of nitrogens with two attached hydrogens (primary N) is 1. The highest BCUT2D eigenvalue weighted by Crippen LogP contribution is 2.14. The summed E-state index contributed by atoms with van der Waals surface area (Å²) < 4.78 is 13.5. The fraction of sp³-hybridized carbons (Fsp3) is 0.143. The van der Waals surface area contributed by atoms with Gasteiger partial charge in [-0.25, -0.2) is 9.37 Å². The van der Waals surface area contributed by atoms with Crippen LogP contribution >= 0.6 is 0 Å². The lowest BCUT2D eigenvalue weighted by atomic mass is 10.2. The Hall–Kier alpha value is -2.43. The summed E-state index contributed by atoms with van der Waals surface area (Å²) in [6, 6.07) is 9.59. The van der Waals surface area contributed by atoms with Gasteiger partial charge in [-0.1, -0.05) is 18.2 Å². The lowest BCUT2D eigenvalue weighted by Gasteiger charge is -2.18. The molecule has 0 unspecified atom stereocenters. The summed E-state index contributed by atoms with van der Waals surface area (Å²) in [6.07, 6.45) is 1.52. The van der Waals surface area contributed by atoms with Crippen molar-refractivity contribution in [1.29, 1.82) is 0 Å². The van der Waals surface area contributed by atoms with Crippen molar-refractivity contribution in [2.24, 2.45) is 0 Å². The van der Waals surface area contributed by atoms with Gasteiger partial charge in [0, 0.05) is 25.4 Å². The summed E-state index contributed by atoms with van der Waals surface area (Å²) in [6.45, 7) is 0.180. The SMILES string of the molecule is CN(Cc1ccccc1F)C(=O)c1cccnc1N. The Labute approximate surface area is 110 Å². The smallest absolute Gasteiger partial charge is 0.257 e. The van der Waals surface area contributed by atoms with Crippen molar-refractivity contribution in [3.8, 4) is 0 Å². The number of benzene rings is 1. The highest BCUT2D eigenvalue weighted by Gasteiger charge is 2.16. The van der Waals surface area contributed by atoms with Crippen molar-refractivity contribution in [1.82, 2.24) is 9.88 Å². The Bertz CT molecular complexity index is 601. The average Bonchev–Trinajstić information content (AvgIpc) is 2.41. The van der Waals surface area contributed by atoms with Crippen LogP contribution in [0.15, 0.2) is 42.6 Å². The van der Waals surface area contributed by atoms with E-state index in [-0.39, 0.29) is 24.1 Å². The van der Waals surface area contributed by atoms with Gasteiger partial charge in [-0.15, -0.1) is 0 Å². The zero-order chi connectivity index (χ0) is 13.8. The Kier molecular flexibility index (Phi) is 3.75. The number of pyridine rings is 1. The van der Waals surface area contributed by atoms with Crippen molar-refractivity contribution in [2.45, 2.75) is 6.54 Å². The van der Waals surface area contributed by atoms with Crippen LogP contribution in [0, 0.1) is 5.82 Å². The normalized spacial score (nSPS) is 10.2. The molecule has 0 atom stereocenters. The summed E-state index contributed by atoms with van der Waals surface area (Å²) >= 11 is 0. The highest BCUT2D eigenvalue weighted by atomic mass is 19.1. The Morgan fingerprint density at radius 3 is 2.74 bits per heavy atom. The van der Waals surface area contributed by atoms with Gasteiger partial charge in [-0.05, 0) is 18.2 Å². The fourth-order valence-electron chi connectivity index (χ4n) is 1.76. The molecule has 1 heterocycles. The van der Waals surface area contributed by atoms with Crippen molar-refractivity contribution < 1.29 is 9.18 Å². The van der Waals surface area contributed by atoms with Crippen LogP contribution in [-0.2, 0) is 6.54 Å². The molecule has 0 fully saturated rings. The molecule has 0 spiro atoms. The number of hydrogen-bond acceptors (Lipinski definition) is 3. The zero-order valence-corrected chi connectivity index (χ0v) is 10.5. The number of carbonyl (C=O) groups excluding carboxylic acids is 1. The predicted molar refractivity (Wildman–Crippen MR) is 70.8 cm³/mol.